The molecular formula is C21H27ClN6O. The molecule has 0 unspecified atom stereocenters. The summed E-state index contributed by atoms with van der Waals surface area (Å²) in [6, 6.07) is 8.07. The topological polar surface area (TPSA) is 69.0 Å². The molecule has 0 amide bonds. The minimum absolute atomic E-state index is 0.196. The lowest BCUT2D eigenvalue weighted by atomic mass is 9.95. The van der Waals surface area contributed by atoms with Gasteiger partial charge in [-0.15, -0.1) is 5.10 Å². The zero-order chi connectivity index (χ0) is 20.6. The van der Waals surface area contributed by atoms with E-state index in [4.69, 9.17) is 26.3 Å². The van der Waals surface area contributed by atoms with Crippen LogP contribution in [-0.4, -0.2) is 51.3 Å². The molecule has 0 radical (unpaired) electrons. The van der Waals surface area contributed by atoms with E-state index in [1.165, 1.54) is 0 Å². The Morgan fingerprint density at radius 2 is 2.00 bits per heavy atom. The average Bonchev–Trinajstić information content (AvgIpc) is 3.30. The van der Waals surface area contributed by atoms with Crippen LogP contribution in [0.5, 0.6) is 0 Å². The summed E-state index contributed by atoms with van der Waals surface area (Å²) in [5, 5.41) is 9.58. The van der Waals surface area contributed by atoms with Gasteiger partial charge >= 0.3 is 0 Å². The second-order valence-electron chi connectivity index (χ2n) is 8.58. The first-order valence-electron chi connectivity index (χ1n) is 9.99. The molecule has 1 aromatic carbocycles. The van der Waals surface area contributed by atoms with Gasteiger partial charge < -0.3 is 9.64 Å². The molecule has 29 heavy (non-hydrogen) atoms. The van der Waals surface area contributed by atoms with E-state index >= 15 is 0 Å². The summed E-state index contributed by atoms with van der Waals surface area (Å²) in [6.07, 6.45) is 2.19. The van der Waals surface area contributed by atoms with Crippen LogP contribution in [0.2, 0.25) is 5.02 Å². The van der Waals surface area contributed by atoms with Gasteiger partial charge in [0.05, 0.1) is 19.2 Å². The predicted molar refractivity (Wildman–Crippen MR) is 115 cm³/mol. The zero-order valence-electron chi connectivity index (χ0n) is 17.4. The van der Waals surface area contributed by atoms with Crippen molar-refractivity contribution in [1.29, 1.82) is 0 Å². The highest BCUT2D eigenvalue weighted by molar-refractivity contribution is 6.31. The van der Waals surface area contributed by atoms with Crippen molar-refractivity contribution >= 4 is 28.6 Å². The molecule has 1 aliphatic heterocycles. The number of aromatic nitrogens is 5. The number of fused-ring (bicyclic) bond motifs is 1. The van der Waals surface area contributed by atoms with Gasteiger partial charge in [-0.05, 0) is 24.5 Å². The maximum atomic E-state index is 6.37. The van der Waals surface area contributed by atoms with Crippen molar-refractivity contribution in [2.45, 2.75) is 51.6 Å². The molecule has 0 spiro atoms. The Morgan fingerprint density at radius 3 is 2.72 bits per heavy atom. The first-order valence-corrected chi connectivity index (χ1v) is 10.4. The fraction of sp³-hybridized carbons (Fsp3) is 0.524. The summed E-state index contributed by atoms with van der Waals surface area (Å²) in [4.78, 5) is 12.1. The Hall–Kier alpha value is -2.25. The van der Waals surface area contributed by atoms with Gasteiger partial charge in [-0.25, -0.2) is 14.6 Å². The number of ether oxygens (including phenoxy) is 1. The molecule has 0 aliphatic carbocycles. The molecule has 1 atom stereocenters. The smallest absolute Gasteiger partial charge is 0.184 e. The van der Waals surface area contributed by atoms with Crippen LogP contribution in [0.1, 0.15) is 45.0 Å². The Kier molecular flexibility index (Phi) is 5.44. The highest BCUT2D eigenvalue weighted by Gasteiger charge is 2.31. The first-order chi connectivity index (χ1) is 13.9. The lowest BCUT2D eigenvalue weighted by Gasteiger charge is -2.27. The van der Waals surface area contributed by atoms with Crippen molar-refractivity contribution in [1.82, 2.24) is 25.0 Å². The summed E-state index contributed by atoms with van der Waals surface area (Å²) in [7, 11) is 1.74. The number of halogens is 1. The van der Waals surface area contributed by atoms with Crippen LogP contribution in [0.25, 0.3) is 11.2 Å². The second-order valence-corrected chi connectivity index (χ2v) is 8.98. The van der Waals surface area contributed by atoms with Gasteiger partial charge in [0.15, 0.2) is 17.0 Å². The summed E-state index contributed by atoms with van der Waals surface area (Å²) >= 11 is 6.37. The molecule has 1 fully saturated rings. The Bertz CT molecular complexity index is 1010. The molecule has 7 nitrogen and oxygen atoms in total. The van der Waals surface area contributed by atoms with E-state index in [9.17, 15) is 0 Å². The molecular weight excluding hydrogens is 388 g/mol. The van der Waals surface area contributed by atoms with E-state index in [-0.39, 0.29) is 5.41 Å². The van der Waals surface area contributed by atoms with Crippen molar-refractivity contribution in [3.63, 3.8) is 0 Å². The van der Waals surface area contributed by atoms with Crippen LogP contribution >= 0.6 is 11.6 Å². The van der Waals surface area contributed by atoms with Crippen molar-refractivity contribution in [2.24, 2.45) is 0 Å². The Labute approximate surface area is 176 Å². The van der Waals surface area contributed by atoms with Gasteiger partial charge in [0.25, 0.3) is 0 Å². The van der Waals surface area contributed by atoms with Gasteiger partial charge in [-0.1, -0.05) is 55.8 Å². The molecule has 0 saturated carbocycles. The molecule has 0 N–H and O–H groups in total. The fourth-order valence-electron chi connectivity index (χ4n) is 3.75. The molecule has 3 aromatic rings. The van der Waals surface area contributed by atoms with E-state index in [0.717, 1.165) is 47.8 Å². The lowest BCUT2D eigenvalue weighted by molar-refractivity contribution is 0.180. The summed E-state index contributed by atoms with van der Waals surface area (Å²) in [5.74, 6) is 1.63. The van der Waals surface area contributed by atoms with Crippen molar-refractivity contribution < 1.29 is 4.74 Å². The SMILES string of the molecule is COC[C@H]1CCCN1c1nc(C(C)(C)C)nc2c1nnn2Cc1ccccc1Cl. The number of anilines is 1. The first kappa shape index (κ1) is 20.0. The van der Waals surface area contributed by atoms with E-state index in [1.807, 2.05) is 28.9 Å². The maximum Gasteiger partial charge on any atom is 0.184 e. The van der Waals surface area contributed by atoms with E-state index in [0.29, 0.717) is 24.2 Å². The van der Waals surface area contributed by atoms with Crippen molar-refractivity contribution in [3.05, 3.63) is 40.7 Å². The monoisotopic (exact) mass is 414 g/mol. The third kappa shape index (κ3) is 3.94. The van der Waals surface area contributed by atoms with Gasteiger partial charge in [0.1, 0.15) is 5.82 Å². The summed E-state index contributed by atoms with van der Waals surface area (Å²) in [5.41, 5.74) is 2.26. The standard InChI is InChI=1S/C21H27ClN6O/c1-21(2,3)20-23-18(27-11-7-9-15(27)13-29-4)17-19(24-20)28(26-25-17)12-14-8-5-6-10-16(14)22/h5-6,8,10,15H,7,9,11-13H2,1-4H3/t15-/m1/s1. The molecule has 1 saturated heterocycles. The van der Waals surface area contributed by atoms with Crippen LogP contribution < -0.4 is 4.90 Å². The molecule has 8 heteroatoms. The van der Waals surface area contributed by atoms with Crippen molar-refractivity contribution in [2.75, 3.05) is 25.2 Å². The summed E-state index contributed by atoms with van der Waals surface area (Å²) in [6.45, 7) is 8.48. The number of hydrogen-bond acceptors (Lipinski definition) is 6. The van der Waals surface area contributed by atoms with E-state index in [1.54, 1.807) is 7.11 Å². The molecule has 1 aliphatic rings. The lowest BCUT2D eigenvalue weighted by Crippen LogP contribution is -2.34. The molecule has 0 bridgehead atoms. The number of methoxy groups -OCH3 is 1. The number of benzene rings is 1. The second kappa shape index (κ2) is 7.88. The molecule has 3 heterocycles. The third-order valence-electron chi connectivity index (χ3n) is 5.30. The molecule has 4 rings (SSSR count). The number of hydrogen-bond donors (Lipinski definition) is 0. The number of nitrogens with zero attached hydrogens (tertiary/aromatic N) is 6. The van der Waals surface area contributed by atoms with Gasteiger partial charge in [0, 0.05) is 24.1 Å². The van der Waals surface area contributed by atoms with E-state index in [2.05, 4.69) is 36.0 Å². The van der Waals surface area contributed by atoms with E-state index < -0.39 is 0 Å². The quantitative estimate of drug-likeness (QED) is 0.631. The molecule has 154 valence electrons. The maximum absolute atomic E-state index is 6.37. The Balaban J connectivity index is 1.83. The Morgan fingerprint density at radius 1 is 1.21 bits per heavy atom. The largest absolute Gasteiger partial charge is 0.383 e. The van der Waals surface area contributed by atoms with Crippen LogP contribution in [-0.2, 0) is 16.7 Å². The van der Waals surface area contributed by atoms with Gasteiger partial charge in [-0.3, -0.25) is 0 Å². The molecule has 2 aromatic heterocycles. The number of rotatable bonds is 5. The average molecular weight is 415 g/mol. The van der Waals surface area contributed by atoms with Gasteiger partial charge in [0.2, 0.25) is 0 Å². The van der Waals surface area contributed by atoms with Crippen LogP contribution in [0.4, 0.5) is 5.82 Å². The minimum atomic E-state index is -0.196. The minimum Gasteiger partial charge on any atom is -0.383 e. The van der Waals surface area contributed by atoms with Crippen LogP contribution in [0.15, 0.2) is 24.3 Å². The van der Waals surface area contributed by atoms with Crippen molar-refractivity contribution in [3.8, 4) is 0 Å². The van der Waals surface area contributed by atoms with Crippen LogP contribution in [0.3, 0.4) is 0 Å². The fourth-order valence-corrected chi connectivity index (χ4v) is 3.95. The van der Waals surface area contributed by atoms with Crippen LogP contribution in [0, 0.1) is 0 Å². The summed E-state index contributed by atoms with van der Waals surface area (Å²) < 4.78 is 7.26. The third-order valence-corrected chi connectivity index (χ3v) is 5.67. The predicted octanol–water partition coefficient (Wildman–Crippen LogP) is 3.84. The highest BCUT2D eigenvalue weighted by atomic mass is 35.5. The van der Waals surface area contributed by atoms with Gasteiger partial charge in [-0.2, -0.15) is 0 Å². The zero-order valence-corrected chi connectivity index (χ0v) is 18.1. The normalized spacial score (nSPS) is 17.4. The highest BCUT2D eigenvalue weighted by Crippen LogP contribution is 2.32.